The molecule has 0 aliphatic carbocycles. The van der Waals surface area contributed by atoms with Gasteiger partial charge in [-0.15, -0.1) is 11.3 Å². The summed E-state index contributed by atoms with van der Waals surface area (Å²) in [6, 6.07) is 13.2. The minimum atomic E-state index is 0.393. The summed E-state index contributed by atoms with van der Waals surface area (Å²) in [6.45, 7) is 6.76. The molecule has 2 atom stereocenters. The lowest BCUT2D eigenvalue weighted by Crippen LogP contribution is -2.34. The summed E-state index contributed by atoms with van der Waals surface area (Å²) in [4.78, 5) is 1.41. The lowest BCUT2D eigenvalue weighted by molar-refractivity contribution is 0.373. The van der Waals surface area contributed by atoms with Crippen molar-refractivity contribution in [2.75, 3.05) is 0 Å². The van der Waals surface area contributed by atoms with E-state index in [0.717, 1.165) is 11.4 Å². The second kappa shape index (κ2) is 7.26. The van der Waals surface area contributed by atoms with E-state index in [2.05, 4.69) is 49.7 Å². The molecular formula is C17H22ClNS. The summed E-state index contributed by atoms with van der Waals surface area (Å²) >= 11 is 8.06. The van der Waals surface area contributed by atoms with E-state index >= 15 is 0 Å². The van der Waals surface area contributed by atoms with Crippen LogP contribution in [0.1, 0.15) is 37.3 Å². The van der Waals surface area contributed by atoms with Gasteiger partial charge in [0.15, 0.2) is 0 Å². The van der Waals surface area contributed by atoms with Crippen molar-refractivity contribution in [2.45, 2.75) is 39.3 Å². The third kappa shape index (κ3) is 4.08. The molecule has 0 bridgehead atoms. The van der Waals surface area contributed by atoms with Gasteiger partial charge in [-0.3, -0.25) is 0 Å². The Morgan fingerprint density at radius 1 is 1.10 bits per heavy atom. The van der Waals surface area contributed by atoms with Crippen LogP contribution < -0.4 is 5.32 Å². The minimum absolute atomic E-state index is 0.393. The van der Waals surface area contributed by atoms with Crippen molar-refractivity contribution in [1.82, 2.24) is 5.32 Å². The van der Waals surface area contributed by atoms with Gasteiger partial charge < -0.3 is 5.32 Å². The van der Waals surface area contributed by atoms with Crippen LogP contribution in [0, 0.1) is 5.92 Å². The number of nitrogens with one attached hydrogen (secondary N) is 1. The lowest BCUT2D eigenvalue weighted by atomic mass is 10.00. The zero-order chi connectivity index (χ0) is 14.5. The molecule has 0 spiro atoms. The van der Waals surface area contributed by atoms with Gasteiger partial charge in [-0.1, -0.05) is 49.7 Å². The van der Waals surface area contributed by atoms with Crippen LogP contribution in [0.5, 0.6) is 0 Å². The predicted octanol–water partition coefficient (Wildman–Crippen LogP) is 5.32. The maximum absolute atomic E-state index is 6.24. The molecule has 108 valence electrons. The van der Waals surface area contributed by atoms with Gasteiger partial charge in [-0.2, -0.15) is 0 Å². The van der Waals surface area contributed by atoms with Crippen LogP contribution >= 0.6 is 22.9 Å². The SMILES string of the molecule is CC(Cc1ccccc1Cl)NC(c1cccs1)C(C)C. The molecule has 2 aromatic rings. The number of hydrogen-bond acceptors (Lipinski definition) is 2. The largest absolute Gasteiger partial charge is 0.306 e. The van der Waals surface area contributed by atoms with Crippen molar-refractivity contribution in [2.24, 2.45) is 5.92 Å². The van der Waals surface area contributed by atoms with Crippen LogP contribution in [-0.2, 0) is 6.42 Å². The average molecular weight is 308 g/mol. The highest BCUT2D eigenvalue weighted by molar-refractivity contribution is 7.10. The van der Waals surface area contributed by atoms with Crippen molar-refractivity contribution >= 4 is 22.9 Å². The van der Waals surface area contributed by atoms with Gasteiger partial charge in [0.25, 0.3) is 0 Å². The first-order valence-electron chi connectivity index (χ1n) is 7.10. The fraction of sp³-hybridized carbons (Fsp3) is 0.412. The minimum Gasteiger partial charge on any atom is -0.306 e. The zero-order valence-electron chi connectivity index (χ0n) is 12.3. The standard InChI is InChI=1S/C17H22ClNS/c1-12(2)17(16-9-6-10-20-16)19-13(3)11-14-7-4-5-8-15(14)18/h4-10,12-13,17,19H,11H2,1-3H3. The van der Waals surface area contributed by atoms with Gasteiger partial charge in [-0.05, 0) is 42.3 Å². The molecule has 1 heterocycles. The van der Waals surface area contributed by atoms with Crippen LogP contribution in [0.25, 0.3) is 0 Å². The third-order valence-electron chi connectivity index (χ3n) is 3.46. The first-order chi connectivity index (χ1) is 9.58. The Morgan fingerprint density at radius 2 is 1.85 bits per heavy atom. The van der Waals surface area contributed by atoms with Crippen LogP contribution in [0.15, 0.2) is 41.8 Å². The first-order valence-corrected chi connectivity index (χ1v) is 8.36. The second-order valence-electron chi connectivity index (χ2n) is 5.60. The summed E-state index contributed by atoms with van der Waals surface area (Å²) in [6.07, 6.45) is 0.953. The molecule has 1 N–H and O–H groups in total. The second-order valence-corrected chi connectivity index (χ2v) is 6.99. The molecule has 0 aliphatic heterocycles. The third-order valence-corrected chi connectivity index (χ3v) is 4.79. The molecule has 0 fully saturated rings. The van der Waals surface area contributed by atoms with E-state index in [1.807, 2.05) is 29.5 Å². The van der Waals surface area contributed by atoms with Crippen LogP contribution in [-0.4, -0.2) is 6.04 Å². The molecule has 1 nitrogen and oxygen atoms in total. The summed E-state index contributed by atoms with van der Waals surface area (Å²) in [5.41, 5.74) is 1.21. The number of hydrogen-bond donors (Lipinski definition) is 1. The van der Waals surface area contributed by atoms with Gasteiger partial charge in [0, 0.05) is 22.0 Å². The van der Waals surface area contributed by atoms with Crippen LogP contribution in [0.3, 0.4) is 0 Å². The molecule has 3 heteroatoms. The molecule has 2 rings (SSSR count). The van der Waals surface area contributed by atoms with Gasteiger partial charge in [0.05, 0.1) is 0 Å². The average Bonchev–Trinajstić information content (AvgIpc) is 2.92. The quantitative estimate of drug-likeness (QED) is 0.761. The molecule has 1 aromatic heterocycles. The Hall–Kier alpha value is -0.830. The van der Waals surface area contributed by atoms with Gasteiger partial charge in [-0.25, -0.2) is 0 Å². The molecule has 0 saturated carbocycles. The Balaban J connectivity index is 2.02. The predicted molar refractivity (Wildman–Crippen MR) is 89.7 cm³/mol. The van der Waals surface area contributed by atoms with Gasteiger partial charge in [0.1, 0.15) is 0 Å². The fourth-order valence-corrected chi connectivity index (χ4v) is 3.60. The Kier molecular flexibility index (Phi) is 5.64. The van der Waals surface area contributed by atoms with E-state index < -0.39 is 0 Å². The maximum atomic E-state index is 6.24. The highest BCUT2D eigenvalue weighted by Gasteiger charge is 2.19. The van der Waals surface area contributed by atoms with Gasteiger partial charge in [0.2, 0.25) is 0 Å². The molecular weight excluding hydrogens is 286 g/mol. The normalized spacial score (nSPS) is 14.4. The van der Waals surface area contributed by atoms with E-state index in [1.54, 1.807) is 0 Å². The summed E-state index contributed by atoms with van der Waals surface area (Å²) < 4.78 is 0. The molecule has 0 aliphatic rings. The maximum Gasteiger partial charge on any atom is 0.0440 e. The monoisotopic (exact) mass is 307 g/mol. The Labute approximate surface area is 131 Å². The first kappa shape index (κ1) is 15.6. The zero-order valence-corrected chi connectivity index (χ0v) is 13.8. The molecule has 1 aromatic carbocycles. The van der Waals surface area contributed by atoms with Gasteiger partial charge >= 0.3 is 0 Å². The molecule has 0 saturated heterocycles. The number of halogens is 1. The fourth-order valence-electron chi connectivity index (χ4n) is 2.43. The number of thiophene rings is 1. The molecule has 2 unspecified atom stereocenters. The van der Waals surface area contributed by atoms with Crippen molar-refractivity contribution in [3.63, 3.8) is 0 Å². The Bertz CT molecular complexity index is 522. The van der Waals surface area contributed by atoms with Crippen LogP contribution in [0.2, 0.25) is 5.02 Å². The molecule has 0 radical (unpaired) electrons. The van der Waals surface area contributed by atoms with Crippen molar-refractivity contribution < 1.29 is 0 Å². The summed E-state index contributed by atoms with van der Waals surface area (Å²) in [7, 11) is 0. The lowest BCUT2D eigenvalue weighted by Gasteiger charge is -2.26. The Morgan fingerprint density at radius 3 is 2.45 bits per heavy atom. The van der Waals surface area contributed by atoms with E-state index in [-0.39, 0.29) is 0 Å². The highest BCUT2D eigenvalue weighted by Crippen LogP contribution is 2.27. The van der Waals surface area contributed by atoms with Crippen LogP contribution in [0.4, 0.5) is 0 Å². The van der Waals surface area contributed by atoms with E-state index in [9.17, 15) is 0 Å². The van der Waals surface area contributed by atoms with E-state index in [4.69, 9.17) is 11.6 Å². The van der Waals surface area contributed by atoms with Crippen molar-refractivity contribution in [1.29, 1.82) is 0 Å². The van der Waals surface area contributed by atoms with E-state index in [1.165, 1.54) is 10.4 Å². The summed E-state index contributed by atoms with van der Waals surface area (Å²) in [5, 5.41) is 6.75. The molecule has 0 amide bonds. The summed E-state index contributed by atoms with van der Waals surface area (Å²) in [5.74, 6) is 0.572. The number of rotatable bonds is 6. The topological polar surface area (TPSA) is 12.0 Å². The molecule has 20 heavy (non-hydrogen) atoms. The smallest absolute Gasteiger partial charge is 0.0440 e. The highest BCUT2D eigenvalue weighted by atomic mass is 35.5. The van der Waals surface area contributed by atoms with E-state index in [0.29, 0.717) is 18.0 Å². The van der Waals surface area contributed by atoms with Crippen molar-refractivity contribution in [3.05, 3.63) is 57.2 Å². The number of benzene rings is 1. The van der Waals surface area contributed by atoms with Crippen molar-refractivity contribution in [3.8, 4) is 0 Å².